The second-order valence-corrected chi connectivity index (χ2v) is 7.34. The van der Waals surface area contributed by atoms with Crippen molar-refractivity contribution >= 4 is 34.4 Å². The lowest BCUT2D eigenvalue weighted by Gasteiger charge is -2.40. The highest BCUT2D eigenvalue weighted by Crippen LogP contribution is 2.43. The smallest absolute Gasteiger partial charge is 0.326 e. The maximum Gasteiger partial charge on any atom is 0.326 e. The monoisotopic (exact) mass is 412 g/mol. The zero-order valence-electron chi connectivity index (χ0n) is 15.2. The number of nitrogens with one attached hydrogen (secondary N) is 1. The molecule has 2 aromatic carbocycles. The van der Waals surface area contributed by atoms with Crippen LogP contribution in [0.15, 0.2) is 42.5 Å². The molecule has 0 saturated carbocycles. The van der Waals surface area contributed by atoms with Crippen molar-refractivity contribution in [1.29, 1.82) is 0 Å². The van der Waals surface area contributed by atoms with Crippen molar-refractivity contribution in [2.45, 2.75) is 18.5 Å². The van der Waals surface area contributed by atoms with E-state index in [0.717, 1.165) is 27.7 Å². The highest BCUT2D eigenvalue weighted by Gasteiger charge is 2.43. The van der Waals surface area contributed by atoms with Gasteiger partial charge in [0, 0.05) is 23.0 Å². The maximum absolute atomic E-state index is 12.8. The van der Waals surface area contributed by atoms with Crippen molar-refractivity contribution in [1.82, 2.24) is 9.88 Å². The zero-order valence-corrected chi connectivity index (χ0v) is 16.0. The Morgan fingerprint density at radius 3 is 2.76 bits per heavy atom. The second-order valence-electron chi connectivity index (χ2n) is 7.07. The summed E-state index contributed by atoms with van der Waals surface area (Å²) in [7, 11) is 0. The Balaban J connectivity index is 1.75. The van der Waals surface area contributed by atoms with Gasteiger partial charge in [-0.05, 0) is 29.3 Å². The van der Waals surface area contributed by atoms with Crippen LogP contribution in [0.3, 0.4) is 0 Å². The minimum atomic E-state index is -1.06. The third kappa shape index (κ3) is 2.73. The summed E-state index contributed by atoms with van der Waals surface area (Å²) in [5, 5.41) is 10.9. The van der Waals surface area contributed by atoms with Gasteiger partial charge in [0.2, 0.25) is 12.7 Å². The average molecular weight is 413 g/mol. The first-order valence-electron chi connectivity index (χ1n) is 9.17. The summed E-state index contributed by atoms with van der Waals surface area (Å²) in [6.45, 7) is 0.128. The molecule has 29 heavy (non-hydrogen) atoms. The molecule has 0 saturated heterocycles. The Morgan fingerprint density at radius 1 is 1.17 bits per heavy atom. The number of aromatic amines is 1. The number of carbonyl (C=O) groups is 2. The number of rotatable bonds is 3. The highest BCUT2D eigenvalue weighted by molar-refractivity contribution is 6.27. The average Bonchev–Trinajstić information content (AvgIpc) is 3.35. The molecule has 0 bridgehead atoms. The summed E-state index contributed by atoms with van der Waals surface area (Å²) in [5.41, 5.74) is 3.31. The van der Waals surface area contributed by atoms with Crippen LogP contribution in [-0.4, -0.2) is 45.6 Å². The van der Waals surface area contributed by atoms with E-state index in [-0.39, 0.29) is 19.1 Å². The molecule has 0 aliphatic carbocycles. The number of hydrogen-bond acceptors (Lipinski definition) is 4. The van der Waals surface area contributed by atoms with Gasteiger partial charge in [0.1, 0.15) is 11.9 Å². The number of para-hydroxylation sites is 1. The van der Waals surface area contributed by atoms with Gasteiger partial charge in [0.25, 0.3) is 0 Å². The lowest BCUT2D eigenvalue weighted by molar-refractivity contribution is -0.151. The number of halogens is 1. The Bertz CT molecular complexity index is 1140. The van der Waals surface area contributed by atoms with Gasteiger partial charge in [-0.2, -0.15) is 0 Å². The van der Waals surface area contributed by atoms with Crippen molar-refractivity contribution in [2.24, 2.45) is 0 Å². The quantitative estimate of drug-likeness (QED) is 0.645. The van der Waals surface area contributed by atoms with E-state index in [1.807, 2.05) is 30.3 Å². The van der Waals surface area contributed by atoms with E-state index in [0.29, 0.717) is 11.5 Å². The molecule has 7 nitrogen and oxygen atoms in total. The van der Waals surface area contributed by atoms with Crippen LogP contribution in [0.1, 0.15) is 22.9 Å². The number of aliphatic carboxylic acids is 1. The second kappa shape index (κ2) is 6.70. The molecule has 1 amide bonds. The molecule has 2 aliphatic rings. The van der Waals surface area contributed by atoms with Gasteiger partial charge in [-0.15, -0.1) is 11.6 Å². The minimum absolute atomic E-state index is 0.128. The van der Waals surface area contributed by atoms with Crippen molar-refractivity contribution in [3.05, 3.63) is 59.3 Å². The van der Waals surface area contributed by atoms with Crippen molar-refractivity contribution < 1.29 is 24.2 Å². The number of aromatic nitrogens is 1. The van der Waals surface area contributed by atoms with E-state index in [9.17, 15) is 14.7 Å². The number of carboxylic acid groups (broad SMARTS) is 1. The van der Waals surface area contributed by atoms with E-state index in [1.54, 1.807) is 12.1 Å². The number of ether oxygens (including phenoxy) is 2. The van der Waals surface area contributed by atoms with Crippen molar-refractivity contribution in [3.63, 3.8) is 0 Å². The number of fused-ring (bicyclic) bond motifs is 4. The molecule has 3 aromatic rings. The van der Waals surface area contributed by atoms with Crippen LogP contribution in [0.25, 0.3) is 10.9 Å². The predicted molar refractivity (Wildman–Crippen MR) is 105 cm³/mol. The van der Waals surface area contributed by atoms with Gasteiger partial charge < -0.3 is 24.5 Å². The number of amides is 1. The molecule has 0 radical (unpaired) electrons. The molecule has 0 spiro atoms. The minimum Gasteiger partial charge on any atom is -0.480 e. The summed E-state index contributed by atoms with van der Waals surface area (Å²) < 4.78 is 10.9. The molecule has 148 valence electrons. The fraction of sp³-hybridized carbons (Fsp3) is 0.238. The predicted octanol–water partition coefficient (Wildman–Crippen LogP) is 3.06. The molecule has 0 unspecified atom stereocenters. The molecule has 2 aliphatic heterocycles. The number of hydrogen-bond donors (Lipinski definition) is 2. The molecule has 0 fully saturated rings. The molecular formula is C21H17ClN2O5. The SMILES string of the molecule is O=C(O)[C@H]1Cc2c([nH]c3ccccc23)[C@H](c2ccc3c(c2)OCO3)N1C(=O)CCl. The summed E-state index contributed by atoms with van der Waals surface area (Å²) >= 11 is 5.87. The van der Waals surface area contributed by atoms with Crippen LogP contribution in [0.5, 0.6) is 11.5 Å². The lowest BCUT2D eigenvalue weighted by atomic mass is 9.88. The summed E-state index contributed by atoms with van der Waals surface area (Å²) in [5.74, 6) is -0.626. The van der Waals surface area contributed by atoms with Crippen LogP contribution in [0.4, 0.5) is 0 Å². The van der Waals surface area contributed by atoms with Gasteiger partial charge in [-0.3, -0.25) is 4.79 Å². The third-order valence-corrected chi connectivity index (χ3v) is 5.76. The number of alkyl halides is 1. The fourth-order valence-electron chi connectivity index (χ4n) is 4.29. The molecule has 2 N–H and O–H groups in total. The number of benzene rings is 2. The van der Waals surface area contributed by atoms with E-state index >= 15 is 0 Å². The van der Waals surface area contributed by atoms with E-state index in [2.05, 4.69) is 4.98 Å². The molecule has 1 aromatic heterocycles. The molecule has 8 heteroatoms. The Morgan fingerprint density at radius 2 is 1.97 bits per heavy atom. The number of H-pyrrole nitrogens is 1. The molecular weight excluding hydrogens is 396 g/mol. The Kier molecular flexibility index (Phi) is 4.13. The normalized spacial score (nSPS) is 20.0. The number of carbonyl (C=O) groups excluding carboxylic acids is 1. The highest BCUT2D eigenvalue weighted by atomic mass is 35.5. The van der Waals surface area contributed by atoms with E-state index in [1.165, 1.54) is 4.90 Å². The Labute approximate surface area is 170 Å². The molecule has 2 atom stereocenters. The first kappa shape index (κ1) is 17.9. The van der Waals surface area contributed by atoms with Crippen LogP contribution in [-0.2, 0) is 16.0 Å². The van der Waals surface area contributed by atoms with Crippen LogP contribution in [0, 0.1) is 0 Å². The van der Waals surface area contributed by atoms with Gasteiger partial charge >= 0.3 is 5.97 Å². The summed E-state index contributed by atoms with van der Waals surface area (Å²) in [4.78, 5) is 29.7. The van der Waals surface area contributed by atoms with E-state index in [4.69, 9.17) is 21.1 Å². The van der Waals surface area contributed by atoms with Gasteiger partial charge in [0.05, 0.1) is 6.04 Å². The van der Waals surface area contributed by atoms with Crippen LogP contribution >= 0.6 is 11.6 Å². The first-order chi connectivity index (χ1) is 14.1. The Hall–Kier alpha value is -3.19. The number of nitrogens with zero attached hydrogens (tertiary/aromatic N) is 1. The van der Waals surface area contributed by atoms with Gasteiger partial charge in [0.15, 0.2) is 11.5 Å². The fourth-order valence-corrected chi connectivity index (χ4v) is 4.43. The van der Waals surface area contributed by atoms with Crippen molar-refractivity contribution in [3.8, 4) is 11.5 Å². The number of carboxylic acids is 1. The van der Waals surface area contributed by atoms with E-state index < -0.39 is 24.0 Å². The lowest BCUT2D eigenvalue weighted by Crippen LogP contribution is -2.52. The van der Waals surface area contributed by atoms with Crippen molar-refractivity contribution in [2.75, 3.05) is 12.7 Å². The largest absolute Gasteiger partial charge is 0.480 e. The van der Waals surface area contributed by atoms with Gasteiger partial charge in [-0.1, -0.05) is 24.3 Å². The standard InChI is InChI=1S/C21H17ClN2O5/c22-9-18(25)24-15(21(26)27)8-13-12-3-1-2-4-14(12)23-19(13)20(24)11-5-6-16-17(7-11)29-10-28-16/h1-7,15,20,23H,8-10H2,(H,26,27)/t15-,20+/m1/s1. The summed E-state index contributed by atoms with van der Waals surface area (Å²) in [6, 6.07) is 11.5. The maximum atomic E-state index is 12.8. The molecule has 3 heterocycles. The van der Waals surface area contributed by atoms with Gasteiger partial charge in [-0.25, -0.2) is 4.79 Å². The van der Waals surface area contributed by atoms with Crippen LogP contribution in [0.2, 0.25) is 0 Å². The third-order valence-electron chi connectivity index (χ3n) is 5.53. The summed E-state index contributed by atoms with van der Waals surface area (Å²) in [6.07, 6.45) is 0.207. The van der Waals surface area contributed by atoms with Crippen LogP contribution < -0.4 is 9.47 Å². The zero-order chi connectivity index (χ0) is 20.1. The first-order valence-corrected chi connectivity index (χ1v) is 9.71. The topological polar surface area (TPSA) is 91.9 Å². The molecule has 5 rings (SSSR count).